The molecule has 106 valence electrons. The number of nitrogens with one attached hydrogen (secondary N) is 1. The van der Waals surface area contributed by atoms with Crippen LogP contribution < -0.4 is 10.5 Å². The van der Waals surface area contributed by atoms with Crippen LogP contribution in [-0.2, 0) is 10.0 Å². The number of thioether (sulfide) groups is 1. The van der Waals surface area contributed by atoms with Crippen LogP contribution in [0.15, 0.2) is 52.3 Å². The first-order valence-electron chi connectivity index (χ1n) is 5.96. The maximum atomic E-state index is 12.4. The van der Waals surface area contributed by atoms with Crippen LogP contribution in [0.1, 0.15) is 5.56 Å². The van der Waals surface area contributed by atoms with E-state index in [1.54, 1.807) is 49.0 Å². The van der Waals surface area contributed by atoms with E-state index in [0.717, 1.165) is 4.90 Å². The van der Waals surface area contributed by atoms with E-state index in [9.17, 15) is 8.42 Å². The Bertz CT molecular complexity index is 710. The van der Waals surface area contributed by atoms with E-state index in [2.05, 4.69) is 4.72 Å². The quantitative estimate of drug-likeness (QED) is 0.672. The Hall–Kier alpha value is -1.66. The lowest BCUT2D eigenvalue weighted by Crippen LogP contribution is -2.14. The Balaban J connectivity index is 2.33. The standard InChI is InChI=1S/C14H16N2O2S2/c1-10-13(15)4-3-5-14(10)20(17,18)16-11-6-8-12(19-2)9-7-11/h3-9,16H,15H2,1-2H3. The monoisotopic (exact) mass is 308 g/mol. The summed E-state index contributed by atoms with van der Waals surface area (Å²) < 4.78 is 27.3. The number of nitrogens with two attached hydrogens (primary N) is 1. The molecular formula is C14H16N2O2S2. The number of nitrogen functional groups attached to an aromatic ring is 1. The summed E-state index contributed by atoms with van der Waals surface area (Å²) in [5, 5.41) is 0. The van der Waals surface area contributed by atoms with Crippen molar-refractivity contribution in [1.82, 2.24) is 0 Å². The van der Waals surface area contributed by atoms with Gasteiger partial charge >= 0.3 is 0 Å². The second-order valence-electron chi connectivity index (χ2n) is 4.30. The lowest BCUT2D eigenvalue weighted by Gasteiger charge is -2.11. The Morgan fingerprint density at radius 2 is 1.75 bits per heavy atom. The van der Waals surface area contributed by atoms with Gasteiger partial charge in [0.1, 0.15) is 0 Å². The molecule has 0 spiro atoms. The fourth-order valence-electron chi connectivity index (χ4n) is 1.79. The molecule has 6 heteroatoms. The van der Waals surface area contributed by atoms with Gasteiger partial charge in [-0.1, -0.05) is 6.07 Å². The summed E-state index contributed by atoms with van der Waals surface area (Å²) in [6.07, 6.45) is 1.97. The van der Waals surface area contributed by atoms with Gasteiger partial charge in [-0.25, -0.2) is 8.42 Å². The van der Waals surface area contributed by atoms with Crippen molar-refractivity contribution in [2.24, 2.45) is 0 Å². The Morgan fingerprint density at radius 1 is 1.10 bits per heavy atom. The molecule has 0 unspecified atom stereocenters. The first kappa shape index (κ1) is 14.7. The van der Waals surface area contributed by atoms with Crippen molar-refractivity contribution in [2.75, 3.05) is 16.7 Å². The third-order valence-electron chi connectivity index (χ3n) is 2.96. The molecule has 0 heterocycles. The van der Waals surface area contributed by atoms with Gasteiger partial charge in [0.2, 0.25) is 0 Å². The average molecular weight is 308 g/mol. The molecule has 2 aromatic carbocycles. The van der Waals surface area contributed by atoms with E-state index in [1.165, 1.54) is 0 Å². The van der Waals surface area contributed by atoms with Crippen molar-refractivity contribution in [2.45, 2.75) is 16.7 Å². The summed E-state index contributed by atoms with van der Waals surface area (Å²) >= 11 is 1.60. The van der Waals surface area contributed by atoms with Crippen molar-refractivity contribution in [3.63, 3.8) is 0 Å². The topological polar surface area (TPSA) is 72.2 Å². The van der Waals surface area contributed by atoms with E-state index in [4.69, 9.17) is 5.73 Å². The minimum absolute atomic E-state index is 0.200. The van der Waals surface area contributed by atoms with Crippen LogP contribution in [-0.4, -0.2) is 14.7 Å². The first-order valence-corrected chi connectivity index (χ1v) is 8.67. The van der Waals surface area contributed by atoms with Crippen molar-refractivity contribution < 1.29 is 8.42 Å². The molecule has 0 bridgehead atoms. The highest BCUT2D eigenvalue weighted by Crippen LogP contribution is 2.24. The highest BCUT2D eigenvalue weighted by molar-refractivity contribution is 7.98. The molecule has 0 radical (unpaired) electrons. The molecule has 20 heavy (non-hydrogen) atoms. The van der Waals surface area contributed by atoms with Gasteiger partial charge < -0.3 is 5.73 Å². The number of benzene rings is 2. The molecular weight excluding hydrogens is 292 g/mol. The fourth-order valence-corrected chi connectivity index (χ4v) is 3.54. The summed E-state index contributed by atoms with van der Waals surface area (Å²) in [5.74, 6) is 0. The number of rotatable bonds is 4. The smallest absolute Gasteiger partial charge is 0.262 e. The molecule has 0 amide bonds. The number of hydrogen-bond donors (Lipinski definition) is 2. The molecule has 2 aromatic rings. The van der Waals surface area contributed by atoms with Gasteiger partial charge in [0.05, 0.1) is 4.90 Å². The summed E-state index contributed by atoms with van der Waals surface area (Å²) in [6.45, 7) is 1.70. The summed E-state index contributed by atoms with van der Waals surface area (Å²) in [5.41, 5.74) is 7.31. The second kappa shape index (κ2) is 5.76. The highest BCUT2D eigenvalue weighted by Gasteiger charge is 2.17. The minimum atomic E-state index is -3.62. The Labute approximate surface area is 123 Å². The van der Waals surface area contributed by atoms with E-state index in [1.807, 2.05) is 18.4 Å². The summed E-state index contributed by atoms with van der Waals surface area (Å²) in [6, 6.07) is 12.1. The normalized spacial score (nSPS) is 11.3. The van der Waals surface area contributed by atoms with E-state index >= 15 is 0 Å². The predicted octanol–water partition coefficient (Wildman–Crippen LogP) is 3.10. The third kappa shape index (κ3) is 3.08. The molecule has 2 rings (SSSR count). The van der Waals surface area contributed by atoms with Crippen molar-refractivity contribution in [3.8, 4) is 0 Å². The number of sulfonamides is 1. The zero-order valence-electron chi connectivity index (χ0n) is 11.3. The van der Waals surface area contributed by atoms with E-state index in [0.29, 0.717) is 16.9 Å². The molecule has 0 aliphatic heterocycles. The van der Waals surface area contributed by atoms with Crippen molar-refractivity contribution >= 4 is 33.2 Å². The Kier molecular flexibility index (Phi) is 4.25. The summed E-state index contributed by atoms with van der Waals surface area (Å²) in [4.78, 5) is 1.28. The van der Waals surface area contributed by atoms with Gasteiger partial charge in [-0.3, -0.25) is 4.72 Å². The predicted molar refractivity (Wildman–Crippen MR) is 84.6 cm³/mol. The fraction of sp³-hybridized carbons (Fsp3) is 0.143. The summed E-state index contributed by atoms with van der Waals surface area (Å²) in [7, 11) is -3.62. The maximum Gasteiger partial charge on any atom is 0.262 e. The molecule has 0 fully saturated rings. The number of hydrogen-bond acceptors (Lipinski definition) is 4. The highest BCUT2D eigenvalue weighted by atomic mass is 32.2. The largest absolute Gasteiger partial charge is 0.398 e. The van der Waals surface area contributed by atoms with Crippen molar-refractivity contribution in [3.05, 3.63) is 48.0 Å². The van der Waals surface area contributed by atoms with Crippen LogP contribution >= 0.6 is 11.8 Å². The molecule has 0 atom stereocenters. The van der Waals surface area contributed by atoms with Gasteiger partial charge in [0.15, 0.2) is 0 Å². The lowest BCUT2D eigenvalue weighted by molar-refractivity contribution is 0.600. The van der Waals surface area contributed by atoms with Crippen LogP contribution in [0.3, 0.4) is 0 Å². The van der Waals surface area contributed by atoms with Gasteiger partial charge in [-0.2, -0.15) is 0 Å². The first-order chi connectivity index (χ1) is 9.44. The van der Waals surface area contributed by atoms with Crippen LogP contribution in [0.4, 0.5) is 11.4 Å². The average Bonchev–Trinajstić information content (AvgIpc) is 2.42. The maximum absolute atomic E-state index is 12.4. The SMILES string of the molecule is CSc1ccc(NS(=O)(=O)c2cccc(N)c2C)cc1. The lowest BCUT2D eigenvalue weighted by atomic mass is 10.2. The molecule has 3 N–H and O–H groups in total. The Morgan fingerprint density at radius 3 is 2.35 bits per heavy atom. The zero-order chi connectivity index (χ0) is 14.8. The minimum Gasteiger partial charge on any atom is -0.398 e. The molecule has 0 saturated carbocycles. The van der Waals surface area contributed by atoms with Crippen LogP contribution in [0.2, 0.25) is 0 Å². The van der Waals surface area contributed by atoms with Crippen LogP contribution in [0.25, 0.3) is 0 Å². The van der Waals surface area contributed by atoms with E-state index in [-0.39, 0.29) is 4.90 Å². The van der Waals surface area contributed by atoms with Gasteiger partial charge in [-0.05, 0) is 55.1 Å². The van der Waals surface area contributed by atoms with Crippen LogP contribution in [0.5, 0.6) is 0 Å². The van der Waals surface area contributed by atoms with Gasteiger partial charge in [0, 0.05) is 16.3 Å². The molecule has 0 aliphatic rings. The molecule has 0 aromatic heterocycles. The second-order valence-corrected chi connectivity index (χ2v) is 6.83. The van der Waals surface area contributed by atoms with E-state index < -0.39 is 10.0 Å². The van der Waals surface area contributed by atoms with Crippen LogP contribution in [0, 0.1) is 6.92 Å². The molecule has 0 aliphatic carbocycles. The van der Waals surface area contributed by atoms with Crippen molar-refractivity contribution in [1.29, 1.82) is 0 Å². The number of anilines is 2. The third-order valence-corrected chi connectivity index (χ3v) is 5.23. The molecule has 0 saturated heterocycles. The molecule has 4 nitrogen and oxygen atoms in total. The van der Waals surface area contributed by atoms with Gasteiger partial charge in [0.25, 0.3) is 10.0 Å². The van der Waals surface area contributed by atoms with Gasteiger partial charge in [-0.15, -0.1) is 11.8 Å². The zero-order valence-corrected chi connectivity index (χ0v) is 12.9.